The SMILES string of the molecule is CC1(C2C=CC=CC2)C=CC(N(c2ccccc2)C2(C)C=CC(c3ccc4c5ccccc5n(C5CCCCC5)c4c3)CC2)=CC1. The second kappa shape index (κ2) is 12.0. The van der Waals surface area contributed by atoms with Gasteiger partial charge in [0, 0.05) is 45.2 Å². The molecule has 1 saturated carbocycles. The van der Waals surface area contributed by atoms with E-state index in [9.17, 15) is 0 Å². The fraction of sp³-hybridized carbons (Fsp3) is 0.364. The molecule has 4 aliphatic carbocycles. The van der Waals surface area contributed by atoms with Gasteiger partial charge in [0.25, 0.3) is 0 Å². The first-order valence-electron chi connectivity index (χ1n) is 17.8. The number of anilines is 1. The summed E-state index contributed by atoms with van der Waals surface area (Å²) in [6.45, 7) is 4.86. The van der Waals surface area contributed by atoms with Crippen LogP contribution in [0, 0.1) is 11.3 Å². The maximum atomic E-state index is 2.70. The minimum atomic E-state index is -0.101. The van der Waals surface area contributed by atoms with Crippen molar-refractivity contribution in [3.05, 3.63) is 139 Å². The zero-order chi connectivity index (χ0) is 31.1. The molecule has 4 atom stereocenters. The molecule has 46 heavy (non-hydrogen) atoms. The van der Waals surface area contributed by atoms with E-state index in [1.54, 1.807) is 0 Å². The smallest absolute Gasteiger partial charge is 0.0605 e. The number of para-hydroxylation sites is 2. The molecule has 0 amide bonds. The molecule has 2 heteroatoms. The highest BCUT2D eigenvalue weighted by atomic mass is 15.2. The lowest BCUT2D eigenvalue weighted by Gasteiger charge is -2.46. The summed E-state index contributed by atoms with van der Waals surface area (Å²) in [5.41, 5.74) is 6.94. The Morgan fingerprint density at radius 2 is 1.57 bits per heavy atom. The maximum Gasteiger partial charge on any atom is 0.0605 e. The molecule has 0 N–H and O–H groups in total. The number of aromatic nitrogens is 1. The standard InChI is InChI=1S/C44H48N2/c1-43(35-14-6-3-7-15-35)28-26-38(27-29-43)46(37-18-10-5-11-19-37)44(2)30-24-33(25-31-44)34-22-23-40-39-20-12-13-21-41(39)45(42(40)32-34)36-16-8-4-9-17-36/h3,5-7,10-14,18-24,26-28,30,32-33,35-36H,4,8-9,15-17,25,29,31H2,1-2H3. The highest BCUT2D eigenvalue weighted by Gasteiger charge is 2.38. The molecule has 0 bridgehead atoms. The Morgan fingerprint density at radius 3 is 2.30 bits per heavy atom. The van der Waals surface area contributed by atoms with Crippen LogP contribution < -0.4 is 4.90 Å². The van der Waals surface area contributed by atoms with Crippen LogP contribution in [0.5, 0.6) is 0 Å². The number of hydrogen-bond acceptors (Lipinski definition) is 1. The molecule has 4 aromatic rings. The van der Waals surface area contributed by atoms with Gasteiger partial charge in [-0.3, -0.25) is 0 Å². The normalized spacial score (nSPS) is 28.2. The quantitative estimate of drug-likeness (QED) is 0.199. The van der Waals surface area contributed by atoms with E-state index in [1.165, 1.54) is 70.9 Å². The Kier molecular flexibility index (Phi) is 7.63. The zero-order valence-corrected chi connectivity index (χ0v) is 27.6. The molecule has 1 aromatic heterocycles. The molecule has 1 fully saturated rings. The predicted molar refractivity (Wildman–Crippen MR) is 196 cm³/mol. The van der Waals surface area contributed by atoms with E-state index < -0.39 is 0 Å². The van der Waals surface area contributed by atoms with Gasteiger partial charge in [-0.2, -0.15) is 0 Å². The lowest BCUT2D eigenvalue weighted by molar-refractivity contribution is 0.306. The first kappa shape index (κ1) is 29.4. The van der Waals surface area contributed by atoms with Crippen molar-refractivity contribution in [2.75, 3.05) is 4.90 Å². The molecule has 0 spiro atoms. The summed E-state index contributed by atoms with van der Waals surface area (Å²) in [6.07, 6.45) is 32.7. The van der Waals surface area contributed by atoms with Crippen LogP contribution in [0.4, 0.5) is 5.69 Å². The minimum absolute atomic E-state index is 0.101. The van der Waals surface area contributed by atoms with Crippen molar-refractivity contribution >= 4 is 27.5 Å². The summed E-state index contributed by atoms with van der Waals surface area (Å²) in [7, 11) is 0. The number of fused-ring (bicyclic) bond motifs is 3. The van der Waals surface area contributed by atoms with Crippen LogP contribution in [0.3, 0.4) is 0 Å². The van der Waals surface area contributed by atoms with Gasteiger partial charge in [-0.05, 0) is 92.7 Å². The molecule has 2 nitrogen and oxygen atoms in total. The van der Waals surface area contributed by atoms with Crippen molar-refractivity contribution in [3.8, 4) is 0 Å². The van der Waals surface area contributed by atoms with Crippen molar-refractivity contribution < 1.29 is 0 Å². The van der Waals surface area contributed by atoms with E-state index >= 15 is 0 Å². The topological polar surface area (TPSA) is 8.17 Å². The molecule has 8 rings (SSSR count). The molecular formula is C44H48N2. The van der Waals surface area contributed by atoms with E-state index in [0.29, 0.717) is 17.9 Å². The van der Waals surface area contributed by atoms with Crippen LogP contribution >= 0.6 is 0 Å². The van der Waals surface area contributed by atoms with E-state index in [0.717, 1.165) is 25.7 Å². The fourth-order valence-electron chi connectivity index (χ4n) is 8.96. The number of nitrogens with zero attached hydrogens (tertiary/aromatic N) is 2. The lowest BCUT2D eigenvalue weighted by Crippen LogP contribution is -2.46. The molecule has 0 radical (unpaired) electrons. The average Bonchev–Trinajstić information content (AvgIpc) is 3.44. The highest BCUT2D eigenvalue weighted by Crippen LogP contribution is 2.46. The Hall–Kier alpha value is -4.04. The van der Waals surface area contributed by atoms with E-state index in [2.05, 4.69) is 151 Å². The first-order chi connectivity index (χ1) is 22.5. The van der Waals surface area contributed by atoms with Crippen LogP contribution in [0.15, 0.2) is 133 Å². The molecule has 234 valence electrons. The maximum absolute atomic E-state index is 2.70. The van der Waals surface area contributed by atoms with Crippen LogP contribution in [-0.2, 0) is 0 Å². The van der Waals surface area contributed by atoms with Gasteiger partial charge in [-0.1, -0.05) is 123 Å². The third kappa shape index (κ3) is 5.20. The summed E-state index contributed by atoms with van der Waals surface area (Å²) < 4.78 is 2.70. The molecule has 0 saturated heterocycles. The van der Waals surface area contributed by atoms with Crippen LogP contribution in [-0.4, -0.2) is 10.1 Å². The van der Waals surface area contributed by atoms with Crippen molar-refractivity contribution in [2.24, 2.45) is 11.3 Å². The number of rotatable bonds is 6. The van der Waals surface area contributed by atoms with E-state index in [4.69, 9.17) is 0 Å². The zero-order valence-electron chi connectivity index (χ0n) is 27.6. The summed E-state index contributed by atoms with van der Waals surface area (Å²) in [6, 6.07) is 28.1. The monoisotopic (exact) mass is 604 g/mol. The highest BCUT2D eigenvalue weighted by molar-refractivity contribution is 6.08. The van der Waals surface area contributed by atoms with Gasteiger partial charge in [-0.15, -0.1) is 0 Å². The van der Waals surface area contributed by atoms with E-state index in [1.807, 2.05) is 0 Å². The number of benzene rings is 3. The Morgan fingerprint density at radius 1 is 0.761 bits per heavy atom. The molecule has 4 unspecified atom stereocenters. The van der Waals surface area contributed by atoms with E-state index in [-0.39, 0.29) is 11.0 Å². The molecule has 0 aliphatic heterocycles. The molecule has 3 aromatic carbocycles. The Balaban J connectivity index is 1.11. The summed E-state index contributed by atoms with van der Waals surface area (Å²) in [4.78, 5) is 2.61. The Labute approximate surface area is 275 Å². The first-order valence-corrected chi connectivity index (χ1v) is 17.8. The van der Waals surface area contributed by atoms with Crippen molar-refractivity contribution in [1.29, 1.82) is 0 Å². The molecule has 4 aliphatic rings. The third-order valence-electron chi connectivity index (χ3n) is 11.7. The van der Waals surface area contributed by atoms with Gasteiger partial charge in [-0.25, -0.2) is 0 Å². The fourth-order valence-corrected chi connectivity index (χ4v) is 8.96. The number of hydrogen-bond donors (Lipinski definition) is 0. The summed E-state index contributed by atoms with van der Waals surface area (Å²) >= 11 is 0. The van der Waals surface area contributed by atoms with Gasteiger partial charge in [0.1, 0.15) is 0 Å². The van der Waals surface area contributed by atoms with Gasteiger partial charge in [0.2, 0.25) is 0 Å². The van der Waals surface area contributed by atoms with Crippen molar-refractivity contribution in [1.82, 2.24) is 4.57 Å². The van der Waals surface area contributed by atoms with Crippen molar-refractivity contribution in [2.45, 2.75) is 89.1 Å². The largest absolute Gasteiger partial charge is 0.337 e. The van der Waals surface area contributed by atoms with Crippen LogP contribution in [0.2, 0.25) is 0 Å². The van der Waals surface area contributed by atoms with Gasteiger partial charge in [0.15, 0.2) is 0 Å². The van der Waals surface area contributed by atoms with Crippen LogP contribution in [0.25, 0.3) is 21.8 Å². The van der Waals surface area contributed by atoms with Gasteiger partial charge in [0.05, 0.1) is 5.54 Å². The van der Waals surface area contributed by atoms with Crippen molar-refractivity contribution in [3.63, 3.8) is 0 Å². The molecular weight excluding hydrogens is 556 g/mol. The minimum Gasteiger partial charge on any atom is -0.337 e. The average molecular weight is 605 g/mol. The third-order valence-corrected chi connectivity index (χ3v) is 11.7. The molecule has 1 heterocycles. The predicted octanol–water partition coefficient (Wildman–Crippen LogP) is 12.0. The second-order valence-electron chi connectivity index (χ2n) is 14.8. The Bertz CT molecular complexity index is 1880. The summed E-state index contributed by atoms with van der Waals surface area (Å²) in [5.74, 6) is 0.982. The van der Waals surface area contributed by atoms with Crippen LogP contribution in [0.1, 0.15) is 89.2 Å². The number of allylic oxidation sites excluding steroid dienone is 8. The van der Waals surface area contributed by atoms with Gasteiger partial charge >= 0.3 is 0 Å². The lowest BCUT2D eigenvalue weighted by atomic mass is 9.69. The second-order valence-corrected chi connectivity index (χ2v) is 14.8. The van der Waals surface area contributed by atoms with Gasteiger partial charge < -0.3 is 9.47 Å². The summed E-state index contributed by atoms with van der Waals surface area (Å²) in [5, 5.41) is 2.81.